The van der Waals surface area contributed by atoms with E-state index in [1.165, 1.54) is 5.56 Å². The van der Waals surface area contributed by atoms with Gasteiger partial charge in [0.05, 0.1) is 0 Å². The summed E-state index contributed by atoms with van der Waals surface area (Å²) in [4.78, 5) is 25.1. The first-order chi connectivity index (χ1) is 13.3. The van der Waals surface area contributed by atoms with Crippen molar-refractivity contribution in [1.29, 1.82) is 0 Å². The molecule has 27 heavy (non-hydrogen) atoms. The van der Waals surface area contributed by atoms with E-state index in [1.807, 2.05) is 23.1 Å². The van der Waals surface area contributed by atoms with Crippen molar-refractivity contribution in [1.82, 2.24) is 14.9 Å². The molecule has 2 aromatic rings. The maximum absolute atomic E-state index is 12.5. The number of hydrogen-bond acceptors (Lipinski definition) is 6. The summed E-state index contributed by atoms with van der Waals surface area (Å²) in [7, 11) is 0. The summed E-state index contributed by atoms with van der Waals surface area (Å²) in [6.07, 6.45) is 5.76. The Morgan fingerprint density at radius 3 is 2.52 bits per heavy atom. The maximum atomic E-state index is 12.5. The van der Waals surface area contributed by atoms with Crippen LogP contribution in [0.5, 0.6) is 11.5 Å². The van der Waals surface area contributed by atoms with Crippen LogP contribution < -0.4 is 14.4 Å². The summed E-state index contributed by atoms with van der Waals surface area (Å²) in [6.45, 7) is 4.19. The molecule has 0 radical (unpaired) electrons. The maximum Gasteiger partial charge on any atom is 0.225 e. The summed E-state index contributed by atoms with van der Waals surface area (Å²) < 4.78 is 11.2. The van der Waals surface area contributed by atoms with Crippen LogP contribution in [0.25, 0.3) is 0 Å². The Labute approximate surface area is 158 Å². The number of carbonyl (C=O) groups is 1. The van der Waals surface area contributed by atoms with Gasteiger partial charge < -0.3 is 19.3 Å². The van der Waals surface area contributed by atoms with Crippen LogP contribution in [0.2, 0.25) is 0 Å². The van der Waals surface area contributed by atoms with Gasteiger partial charge in [-0.05, 0) is 36.6 Å². The molecule has 4 rings (SSSR count). The van der Waals surface area contributed by atoms with Gasteiger partial charge in [-0.2, -0.15) is 0 Å². The number of rotatable bonds is 5. The van der Waals surface area contributed by atoms with Crippen molar-refractivity contribution in [2.24, 2.45) is 0 Å². The van der Waals surface area contributed by atoms with Crippen molar-refractivity contribution in [3.8, 4) is 11.5 Å². The quantitative estimate of drug-likeness (QED) is 0.803. The van der Waals surface area contributed by atoms with Gasteiger partial charge in [-0.3, -0.25) is 4.79 Å². The van der Waals surface area contributed by atoms with E-state index in [0.29, 0.717) is 19.6 Å². The van der Waals surface area contributed by atoms with Crippen molar-refractivity contribution in [3.63, 3.8) is 0 Å². The van der Waals surface area contributed by atoms with Gasteiger partial charge in [0.2, 0.25) is 11.9 Å². The predicted molar refractivity (Wildman–Crippen MR) is 101 cm³/mol. The molecule has 142 valence electrons. The van der Waals surface area contributed by atoms with Crippen LogP contribution in [0, 0.1) is 0 Å². The third kappa shape index (κ3) is 4.30. The van der Waals surface area contributed by atoms with Crippen LogP contribution in [0.1, 0.15) is 18.4 Å². The Balaban J connectivity index is 1.22. The molecule has 0 saturated carbocycles. The second-order valence-corrected chi connectivity index (χ2v) is 6.75. The van der Waals surface area contributed by atoms with Crippen LogP contribution >= 0.6 is 0 Å². The molecule has 2 aliphatic heterocycles. The summed E-state index contributed by atoms with van der Waals surface area (Å²) >= 11 is 0. The number of aromatic nitrogens is 2. The van der Waals surface area contributed by atoms with Gasteiger partial charge in [-0.15, -0.1) is 0 Å². The Kier molecular flexibility index (Phi) is 5.37. The largest absolute Gasteiger partial charge is 0.486 e. The highest BCUT2D eigenvalue weighted by atomic mass is 16.6. The second-order valence-electron chi connectivity index (χ2n) is 6.75. The fourth-order valence-electron chi connectivity index (χ4n) is 3.46. The van der Waals surface area contributed by atoms with Gasteiger partial charge in [0.25, 0.3) is 0 Å². The van der Waals surface area contributed by atoms with Crippen LogP contribution in [-0.2, 0) is 11.2 Å². The summed E-state index contributed by atoms with van der Waals surface area (Å²) in [5, 5.41) is 0. The van der Waals surface area contributed by atoms with Gasteiger partial charge in [0, 0.05) is 45.0 Å². The topological polar surface area (TPSA) is 67.8 Å². The fourth-order valence-corrected chi connectivity index (χ4v) is 3.46. The lowest BCUT2D eigenvalue weighted by atomic mass is 10.1. The standard InChI is InChI=1S/C20H24N4O3/c25-19(23-9-11-24(12-10-23)20-21-7-2-8-22-20)4-1-3-16-5-6-17-18(15-16)27-14-13-26-17/h2,5-8,15H,1,3-4,9-14H2. The lowest BCUT2D eigenvalue weighted by Gasteiger charge is -2.34. The molecule has 3 heterocycles. The highest BCUT2D eigenvalue weighted by Crippen LogP contribution is 2.31. The molecule has 0 atom stereocenters. The average Bonchev–Trinajstić information content (AvgIpc) is 2.74. The number of fused-ring (bicyclic) bond motifs is 1. The minimum absolute atomic E-state index is 0.223. The van der Waals surface area contributed by atoms with E-state index in [-0.39, 0.29) is 5.91 Å². The van der Waals surface area contributed by atoms with E-state index >= 15 is 0 Å². The molecule has 0 aliphatic carbocycles. The molecule has 1 saturated heterocycles. The first-order valence-corrected chi connectivity index (χ1v) is 9.48. The van der Waals surface area contributed by atoms with Crippen LogP contribution in [-0.4, -0.2) is 60.2 Å². The van der Waals surface area contributed by atoms with Crippen LogP contribution in [0.15, 0.2) is 36.7 Å². The number of benzene rings is 1. The normalized spacial score (nSPS) is 16.3. The molecule has 1 aromatic heterocycles. The monoisotopic (exact) mass is 368 g/mol. The first kappa shape index (κ1) is 17.6. The third-order valence-electron chi connectivity index (χ3n) is 4.93. The lowest BCUT2D eigenvalue weighted by molar-refractivity contribution is -0.131. The van der Waals surface area contributed by atoms with E-state index in [4.69, 9.17) is 9.47 Å². The highest BCUT2D eigenvalue weighted by Gasteiger charge is 2.22. The molecule has 1 amide bonds. The number of amides is 1. The number of aryl methyl sites for hydroxylation is 1. The summed E-state index contributed by atoms with van der Waals surface area (Å²) in [6, 6.07) is 7.84. The van der Waals surface area contributed by atoms with E-state index in [1.54, 1.807) is 12.4 Å². The Hall–Kier alpha value is -2.83. The Morgan fingerprint density at radius 2 is 1.74 bits per heavy atom. The average molecular weight is 368 g/mol. The fraction of sp³-hybridized carbons (Fsp3) is 0.450. The highest BCUT2D eigenvalue weighted by molar-refractivity contribution is 5.76. The molecule has 1 aromatic carbocycles. The summed E-state index contributed by atoms with van der Waals surface area (Å²) in [5.74, 6) is 2.58. The Morgan fingerprint density at radius 1 is 1.00 bits per heavy atom. The number of carbonyl (C=O) groups excluding carboxylic acids is 1. The first-order valence-electron chi connectivity index (χ1n) is 9.48. The van der Waals surface area contributed by atoms with Crippen LogP contribution in [0.3, 0.4) is 0 Å². The van der Waals surface area contributed by atoms with E-state index < -0.39 is 0 Å². The van der Waals surface area contributed by atoms with E-state index in [0.717, 1.165) is 56.5 Å². The van der Waals surface area contributed by atoms with Crippen molar-refractivity contribution >= 4 is 11.9 Å². The summed E-state index contributed by atoms with van der Waals surface area (Å²) in [5.41, 5.74) is 1.18. The molecule has 0 bridgehead atoms. The smallest absolute Gasteiger partial charge is 0.225 e. The molecular weight excluding hydrogens is 344 g/mol. The SMILES string of the molecule is O=C(CCCc1ccc2c(c1)OCCO2)N1CCN(c2ncccn2)CC1. The minimum atomic E-state index is 0.223. The van der Waals surface area contributed by atoms with Crippen LogP contribution in [0.4, 0.5) is 5.95 Å². The number of ether oxygens (including phenoxy) is 2. The molecule has 0 N–H and O–H groups in total. The molecule has 1 fully saturated rings. The second kappa shape index (κ2) is 8.24. The predicted octanol–water partition coefficient (Wildman–Crippen LogP) is 1.92. The number of anilines is 1. The van der Waals surface area contributed by atoms with Crippen molar-refractivity contribution < 1.29 is 14.3 Å². The van der Waals surface area contributed by atoms with Gasteiger partial charge >= 0.3 is 0 Å². The lowest BCUT2D eigenvalue weighted by Crippen LogP contribution is -2.49. The molecule has 7 heteroatoms. The molecule has 2 aliphatic rings. The van der Waals surface area contributed by atoms with Crippen molar-refractivity contribution in [2.45, 2.75) is 19.3 Å². The van der Waals surface area contributed by atoms with E-state index in [9.17, 15) is 4.79 Å². The molecule has 7 nitrogen and oxygen atoms in total. The zero-order valence-electron chi connectivity index (χ0n) is 15.3. The number of hydrogen-bond donors (Lipinski definition) is 0. The zero-order valence-corrected chi connectivity index (χ0v) is 15.3. The van der Waals surface area contributed by atoms with Gasteiger partial charge in [0.1, 0.15) is 13.2 Å². The molecule has 0 unspecified atom stereocenters. The Bertz CT molecular complexity index is 776. The number of piperazine rings is 1. The van der Waals surface area contributed by atoms with Gasteiger partial charge in [-0.25, -0.2) is 9.97 Å². The molecule has 0 spiro atoms. The third-order valence-corrected chi connectivity index (χ3v) is 4.93. The number of nitrogens with zero attached hydrogens (tertiary/aromatic N) is 4. The van der Waals surface area contributed by atoms with Crippen molar-refractivity contribution in [2.75, 3.05) is 44.3 Å². The minimum Gasteiger partial charge on any atom is -0.486 e. The van der Waals surface area contributed by atoms with E-state index in [2.05, 4.69) is 20.9 Å². The van der Waals surface area contributed by atoms with Gasteiger partial charge in [-0.1, -0.05) is 6.07 Å². The zero-order chi connectivity index (χ0) is 18.5. The molecular formula is C20H24N4O3. The van der Waals surface area contributed by atoms with Gasteiger partial charge in [0.15, 0.2) is 11.5 Å². The van der Waals surface area contributed by atoms with Crippen molar-refractivity contribution in [3.05, 3.63) is 42.2 Å².